The number of halogens is 1. The van der Waals surface area contributed by atoms with E-state index >= 15 is 0 Å². The van der Waals surface area contributed by atoms with E-state index in [2.05, 4.69) is 10.2 Å². The summed E-state index contributed by atoms with van der Waals surface area (Å²) in [5.74, 6) is 0.701. The first kappa shape index (κ1) is 10.9. The van der Waals surface area contributed by atoms with Crippen LogP contribution in [-0.2, 0) is 6.42 Å². The van der Waals surface area contributed by atoms with Gasteiger partial charge in [0.25, 0.3) is 0 Å². The first-order valence-corrected chi connectivity index (χ1v) is 5.87. The lowest BCUT2D eigenvalue weighted by molar-refractivity contribution is 0.628. The van der Waals surface area contributed by atoms with E-state index in [0.717, 1.165) is 29.0 Å². The van der Waals surface area contributed by atoms with Crippen LogP contribution in [0.5, 0.6) is 0 Å². The molecule has 0 fully saturated rings. The molecule has 0 aliphatic heterocycles. The molecule has 4 heteroatoms. The van der Waals surface area contributed by atoms with Gasteiger partial charge in [0.1, 0.15) is 11.6 Å². The molecule has 0 saturated heterocycles. The van der Waals surface area contributed by atoms with Crippen LogP contribution in [0.3, 0.4) is 0 Å². The van der Waals surface area contributed by atoms with Crippen LogP contribution >= 0.6 is 0 Å². The molecule has 0 aliphatic rings. The molecule has 0 saturated carbocycles. The molecule has 90 valence electrons. The zero-order chi connectivity index (χ0) is 12.5. The van der Waals surface area contributed by atoms with E-state index < -0.39 is 0 Å². The molecular weight excluding hydrogens is 229 g/mol. The van der Waals surface area contributed by atoms with Crippen LogP contribution in [0.25, 0.3) is 16.8 Å². The molecule has 0 N–H and O–H groups in total. The number of pyridine rings is 1. The van der Waals surface area contributed by atoms with Gasteiger partial charge in [-0.3, -0.25) is 4.40 Å². The van der Waals surface area contributed by atoms with Crippen molar-refractivity contribution in [3.8, 4) is 11.1 Å². The van der Waals surface area contributed by atoms with Crippen LogP contribution in [0.2, 0.25) is 0 Å². The van der Waals surface area contributed by atoms with Crippen molar-refractivity contribution in [1.82, 2.24) is 14.6 Å². The van der Waals surface area contributed by atoms with Gasteiger partial charge in [0.2, 0.25) is 0 Å². The average molecular weight is 241 g/mol. The monoisotopic (exact) mass is 241 g/mol. The minimum absolute atomic E-state index is 0.224. The second-order valence-electron chi connectivity index (χ2n) is 4.12. The molecule has 0 atom stereocenters. The van der Waals surface area contributed by atoms with Crippen molar-refractivity contribution >= 4 is 5.65 Å². The van der Waals surface area contributed by atoms with E-state index in [9.17, 15) is 4.39 Å². The number of benzene rings is 1. The summed E-state index contributed by atoms with van der Waals surface area (Å²) in [5, 5.41) is 8.21. The highest BCUT2D eigenvalue weighted by molar-refractivity contribution is 5.64. The van der Waals surface area contributed by atoms with Crippen LogP contribution in [0, 0.1) is 5.82 Å². The maximum absolute atomic E-state index is 12.9. The molecule has 3 aromatic rings. The van der Waals surface area contributed by atoms with Gasteiger partial charge in [0, 0.05) is 12.6 Å². The Morgan fingerprint density at radius 2 is 1.72 bits per heavy atom. The highest BCUT2D eigenvalue weighted by atomic mass is 19.1. The molecule has 0 aliphatic carbocycles. The Morgan fingerprint density at radius 1 is 1.00 bits per heavy atom. The van der Waals surface area contributed by atoms with Crippen LogP contribution in [0.4, 0.5) is 4.39 Å². The van der Waals surface area contributed by atoms with Crippen molar-refractivity contribution in [2.45, 2.75) is 13.3 Å². The normalized spacial score (nSPS) is 11.0. The number of hydrogen-bond acceptors (Lipinski definition) is 2. The SMILES string of the molecule is CCc1nnc2ccc(-c3ccc(F)cc3)cn12. The largest absolute Gasteiger partial charge is 0.286 e. The van der Waals surface area contributed by atoms with Gasteiger partial charge in [-0.1, -0.05) is 19.1 Å². The summed E-state index contributed by atoms with van der Waals surface area (Å²) in [5.41, 5.74) is 2.84. The van der Waals surface area contributed by atoms with Gasteiger partial charge in [-0.2, -0.15) is 0 Å². The third-order valence-corrected chi connectivity index (χ3v) is 2.97. The highest BCUT2D eigenvalue weighted by Crippen LogP contribution is 2.20. The van der Waals surface area contributed by atoms with E-state index in [4.69, 9.17) is 0 Å². The topological polar surface area (TPSA) is 30.2 Å². The van der Waals surface area contributed by atoms with Crippen molar-refractivity contribution in [2.75, 3.05) is 0 Å². The molecule has 0 bridgehead atoms. The summed E-state index contributed by atoms with van der Waals surface area (Å²) in [4.78, 5) is 0. The van der Waals surface area contributed by atoms with Gasteiger partial charge in [-0.05, 0) is 35.4 Å². The highest BCUT2D eigenvalue weighted by Gasteiger charge is 2.05. The van der Waals surface area contributed by atoms with Crippen molar-refractivity contribution in [2.24, 2.45) is 0 Å². The Balaban J connectivity index is 2.14. The first-order valence-electron chi connectivity index (χ1n) is 5.87. The molecular formula is C14H12FN3. The molecule has 0 unspecified atom stereocenters. The van der Waals surface area contributed by atoms with Crippen LogP contribution in [-0.4, -0.2) is 14.6 Å². The Labute approximate surface area is 104 Å². The van der Waals surface area contributed by atoms with Crippen LogP contribution < -0.4 is 0 Å². The van der Waals surface area contributed by atoms with E-state index in [1.165, 1.54) is 12.1 Å². The molecule has 18 heavy (non-hydrogen) atoms. The number of nitrogens with zero attached hydrogens (tertiary/aromatic N) is 3. The van der Waals surface area contributed by atoms with Gasteiger partial charge in [0.05, 0.1) is 0 Å². The minimum atomic E-state index is -0.224. The second kappa shape index (κ2) is 4.22. The lowest BCUT2D eigenvalue weighted by Gasteiger charge is -2.03. The van der Waals surface area contributed by atoms with Gasteiger partial charge in [-0.25, -0.2) is 4.39 Å². The van der Waals surface area contributed by atoms with Gasteiger partial charge >= 0.3 is 0 Å². The van der Waals surface area contributed by atoms with E-state index in [1.54, 1.807) is 12.1 Å². The molecule has 3 nitrogen and oxygen atoms in total. The lowest BCUT2D eigenvalue weighted by atomic mass is 10.1. The fourth-order valence-electron chi connectivity index (χ4n) is 1.99. The van der Waals surface area contributed by atoms with Crippen molar-refractivity contribution < 1.29 is 4.39 Å². The number of fused-ring (bicyclic) bond motifs is 1. The summed E-state index contributed by atoms with van der Waals surface area (Å²) < 4.78 is 14.9. The quantitative estimate of drug-likeness (QED) is 0.690. The van der Waals surface area contributed by atoms with Crippen LogP contribution in [0.1, 0.15) is 12.7 Å². The summed E-state index contributed by atoms with van der Waals surface area (Å²) in [6.45, 7) is 2.04. The first-order chi connectivity index (χ1) is 8.78. The Morgan fingerprint density at radius 3 is 2.44 bits per heavy atom. The minimum Gasteiger partial charge on any atom is -0.286 e. The van der Waals surface area contributed by atoms with Crippen molar-refractivity contribution in [3.05, 3.63) is 54.2 Å². The summed E-state index contributed by atoms with van der Waals surface area (Å²) in [6.07, 6.45) is 2.81. The number of aromatic nitrogens is 3. The van der Waals surface area contributed by atoms with Crippen molar-refractivity contribution in [1.29, 1.82) is 0 Å². The second-order valence-corrected chi connectivity index (χ2v) is 4.12. The Bertz CT molecular complexity index is 686. The smallest absolute Gasteiger partial charge is 0.160 e. The zero-order valence-electron chi connectivity index (χ0n) is 9.97. The van der Waals surface area contributed by atoms with Gasteiger partial charge < -0.3 is 0 Å². The summed E-state index contributed by atoms with van der Waals surface area (Å²) in [6, 6.07) is 10.4. The van der Waals surface area contributed by atoms with E-state index in [-0.39, 0.29) is 5.82 Å². The molecule has 2 aromatic heterocycles. The maximum atomic E-state index is 12.9. The maximum Gasteiger partial charge on any atom is 0.160 e. The summed E-state index contributed by atoms with van der Waals surface area (Å²) >= 11 is 0. The van der Waals surface area contributed by atoms with Gasteiger partial charge in [-0.15, -0.1) is 10.2 Å². The number of rotatable bonds is 2. The standard InChI is InChI=1S/C14H12FN3/c1-2-13-16-17-14-8-5-11(9-18(13)14)10-3-6-12(15)7-4-10/h3-9H,2H2,1H3. The molecule has 1 aromatic carbocycles. The third-order valence-electron chi connectivity index (χ3n) is 2.97. The molecule has 0 amide bonds. The lowest BCUT2D eigenvalue weighted by Crippen LogP contribution is -1.93. The van der Waals surface area contributed by atoms with E-state index in [0.29, 0.717) is 0 Å². The molecule has 0 spiro atoms. The predicted octanol–water partition coefficient (Wildman–Crippen LogP) is 3.10. The van der Waals surface area contributed by atoms with Gasteiger partial charge in [0.15, 0.2) is 5.65 Å². The van der Waals surface area contributed by atoms with E-state index in [1.807, 2.05) is 29.7 Å². The molecule has 3 rings (SSSR count). The molecule has 0 radical (unpaired) electrons. The Kier molecular flexibility index (Phi) is 2.55. The average Bonchev–Trinajstić information content (AvgIpc) is 2.81. The third kappa shape index (κ3) is 1.76. The summed E-state index contributed by atoms with van der Waals surface area (Å²) in [7, 11) is 0. The fourth-order valence-corrected chi connectivity index (χ4v) is 1.99. The molecule has 2 heterocycles. The zero-order valence-corrected chi connectivity index (χ0v) is 9.97. The van der Waals surface area contributed by atoms with Crippen LogP contribution in [0.15, 0.2) is 42.6 Å². The predicted molar refractivity (Wildman–Crippen MR) is 67.8 cm³/mol. The number of aryl methyl sites for hydroxylation is 1. The Hall–Kier alpha value is -2.23. The fraction of sp³-hybridized carbons (Fsp3) is 0.143. The van der Waals surface area contributed by atoms with Crippen molar-refractivity contribution in [3.63, 3.8) is 0 Å². The number of hydrogen-bond donors (Lipinski definition) is 0.